The minimum atomic E-state index is -0.846. The van der Waals surface area contributed by atoms with Crippen molar-refractivity contribution in [3.63, 3.8) is 0 Å². The topological polar surface area (TPSA) is 97.0 Å². The van der Waals surface area contributed by atoms with E-state index >= 15 is 0 Å². The summed E-state index contributed by atoms with van der Waals surface area (Å²) >= 11 is 6.20. The Bertz CT molecular complexity index is 964. The van der Waals surface area contributed by atoms with Gasteiger partial charge in [0.1, 0.15) is 11.5 Å². The zero-order valence-electron chi connectivity index (χ0n) is 17.3. The van der Waals surface area contributed by atoms with E-state index in [0.717, 1.165) is 6.42 Å². The van der Waals surface area contributed by atoms with Gasteiger partial charge in [-0.2, -0.15) is 0 Å². The van der Waals surface area contributed by atoms with Crippen LogP contribution < -0.4 is 25.2 Å². The first-order chi connectivity index (χ1) is 14.9. The number of anilines is 1. The Morgan fingerprint density at radius 2 is 1.84 bits per heavy atom. The average molecular weight is 446 g/mol. The fourth-order valence-electron chi connectivity index (χ4n) is 3.09. The lowest BCUT2D eigenvalue weighted by Gasteiger charge is -2.18. The summed E-state index contributed by atoms with van der Waals surface area (Å²) in [5.74, 6) is 0.109. The number of benzene rings is 2. The number of hydrazine groups is 1. The van der Waals surface area contributed by atoms with E-state index in [9.17, 15) is 14.4 Å². The van der Waals surface area contributed by atoms with Gasteiger partial charge in [-0.05, 0) is 62.7 Å². The summed E-state index contributed by atoms with van der Waals surface area (Å²) in [7, 11) is 0. The van der Waals surface area contributed by atoms with E-state index in [1.165, 1.54) is 12.1 Å². The van der Waals surface area contributed by atoms with Crippen molar-refractivity contribution in [1.82, 2.24) is 10.9 Å². The molecule has 0 bridgehead atoms. The van der Waals surface area contributed by atoms with Crippen LogP contribution in [0.3, 0.4) is 0 Å². The molecule has 1 fully saturated rings. The van der Waals surface area contributed by atoms with E-state index in [1.807, 2.05) is 6.92 Å². The van der Waals surface area contributed by atoms with Gasteiger partial charge in [-0.3, -0.25) is 25.2 Å². The number of nitrogens with one attached hydrogen (secondary N) is 2. The maximum atomic E-state index is 12.5. The molecule has 0 saturated carbocycles. The lowest BCUT2D eigenvalue weighted by atomic mass is 10.2. The smallest absolute Gasteiger partial charge is 0.279 e. The molecule has 31 heavy (non-hydrogen) atoms. The van der Waals surface area contributed by atoms with Gasteiger partial charge in [0.2, 0.25) is 5.91 Å². The number of rotatable bonds is 7. The molecule has 0 aliphatic carbocycles. The van der Waals surface area contributed by atoms with Crippen molar-refractivity contribution in [3.8, 4) is 11.5 Å². The van der Waals surface area contributed by atoms with Crippen LogP contribution in [0, 0.1) is 0 Å². The van der Waals surface area contributed by atoms with Crippen LogP contribution in [0.25, 0.3) is 0 Å². The molecular weight excluding hydrogens is 422 g/mol. The maximum absolute atomic E-state index is 12.5. The molecule has 2 aromatic rings. The van der Waals surface area contributed by atoms with Gasteiger partial charge in [0.25, 0.3) is 11.8 Å². The van der Waals surface area contributed by atoms with Crippen LogP contribution >= 0.6 is 11.6 Å². The third-order valence-electron chi connectivity index (χ3n) is 4.69. The molecule has 1 unspecified atom stereocenters. The molecule has 0 aromatic heterocycles. The van der Waals surface area contributed by atoms with Crippen molar-refractivity contribution in [1.29, 1.82) is 0 Å². The van der Waals surface area contributed by atoms with Gasteiger partial charge in [-0.25, -0.2) is 0 Å². The molecule has 1 heterocycles. The van der Waals surface area contributed by atoms with E-state index in [1.54, 1.807) is 42.2 Å². The van der Waals surface area contributed by atoms with Gasteiger partial charge < -0.3 is 14.4 Å². The zero-order valence-corrected chi connectivity index (χ0v) is 18.1. The van der Waals surface area contributed by atoms with Crippen molar-refractivity contribution < 1.29 is 23.9 Å². The molecule has 2 aromatic carbocycles. The van der Waals surface area contributed by atoms with Crippen LogP contribution in [-0.2, 0) is 9.59 Å². The molecule has 164 valence electrons. The van der Waals surface area contributed by atoms with E-state index in [4.69, 9.17) is 21.1 Å². The fraction of sp³-hybridized carbons (Fsp3) is 0.318. The summed E-state index contributed by atoms with van der Waals surface area (Å²) in [4.78, 5) is 38.3. The largest absolute Gasteiger partial charge is 0.494 e. The molecule has 1 aliphatic heterocycles. The molecule has 1 atom stereocenters. The van der Waals surface area contributed by atoms with Crippen molar-refractivity contribution in [2.24, 2.45) is 0 Å². The monoisotopic (exact) mass is 445 g/mol. The summed E-state index contributed by atoms with van der Waals surface area (Å²) < 4.78 is 10.9. The predicted octanol–water partition coefficient (Wildman–Crippen LogP) is 3.09. The molecular formula is C22H24ClN3O5. The van der Waals surface area contributed by atoms with Crippen LogP contribution in [0.1, 0.15) is 37.0 Å². The van der Waals surface area contributed by atoms with Crippen LogP contribution in [0.4, 0.5) is 5.69 Å². The molecule has 8 nitrogen and oxygen atoms in total. The second kappa shape index (κ2) is 10.2. The van der Waals surface area contributed by atoms with Crippen LogP contribution in [0.5, 0.6) is 11.5 Å². The number of nitrogens with zero attached hydrogens (tertiary/aromatic N) is 1. The number of amides is 3. The van der Waals surface area contributed by atoms with Crippen molar-refractivity contribution >= 4 is 35.0 Å². The maximum Gasteiger partial charge on any atom is 0.279 e. The lowest BCUT2D eigenvalue weighted by molar-refractivity contribution is -0.128. The quantitative estimate of drug-likeness (QED) is 0.638. The first kappa shape index (κ1) is 22.4. The van der Waals surface area contributed by atoms with Gasteiger partial charge in [0, 0.05) is 18.5 Å². The Hall–Kier alpha value is -3.26. The Balaban J connectivity index is 1.56. The minimum Gasteiger partial charge on any atom is -0.494 e. The number of carbonyl (C=O) groups excluding carboxylic acids is 3. The SMILES string of the molecule is CCOc1ccc(OC(C)C(=O)NNC(=O)c2ccc(Cl)c(N3CCCC3=O)c2)cc1. The molecule has 2 N–H and O–H groups in total. The Morgan fingerprint density at radius 1 is 1.13 bits per heavy atom. The minimum absolute atomic E-state index is 0.0342. The number of ether oxygens (including phenoxy) is 2. The highest BCUT2D eigenvalue weighted by molar-refractivity contribution is 6.34. The highest BCUT2D eigenvalue weighted by atomic mass is 35.5. The standard InChI is InChI=1S/C22H24ClN3O5/c1-3-30-16-7-9-17(10-8-16)31-14(2)21(28)24-25-22(29)15-6-11-18(23)19(13-15)26-12-4-5-20(26)27/h6-11,13-14H,3-5,12H2,1-2H3,(H,24,28)(H,25,29). The molecule has 3 rings (SSSR count). The van der Waals surface area contributed by atoms with Gasteiger partial charge in [-0.1, -0.05) is 11.6 Å². The summed E-state index contributed by atoms with van der Waals surface area (Å²) in [6.45, 7) is 4.57. The van der Waals surface area contributed by atoms with Gasteiger partial charge >= 0.3 is 0 Å². The predicted molar refractivity (Wildman–Crippen MR) is 116 cm³/mol. The number of hydrogen-bond donors (Lipinski definition) is 2. The molecule has 1 saturated heterocycles. The van der Waals surface area contributed by atoms with Crippen LogP contribution in [0.15, 0.2) is 42.5 Å². The summed E-state index contributed by atoms with van der Waals surface area (Å²) in [5, 5.41) is 0.383. The van der Waals surface area contributed by atoms with Gasteiger partial charge in [-0.15, -0.1) is 0 Å². The number of halogens is 1. The Labute approximate surface area is 185 Å². The first-order valence-corrected chi connectivity index (χ1v) is 10.4. The van der Waals surface area contributed by atoms with Gasteiger partial charge in [0.15, 0.2) is 6.10 Å². The normalized spacial score (nSPS) is 14.2. The third-order valence-corrected chi connectivity index (χ3v) is 5.01. The number of hydrogen-bond acceptors (Lipinski definition) is 5. The van der Waals surface area contributed by atoms with E-state index < -0.39 is 17.9 Å². The molecule has 3 amide bonds. The van der Waals surface area contributed by atoms with E-state index in [2.05, 4.69) is 10.9 Å². The Kier molecular flexibility index (Phi) is 7.36. The summed E-state index contributed by atoms with van der Waals surface area (Å²) in [6, 6.07) is 11.5. The lowest BCUT2D eigenvalue weighted by Crippen LogP contribution is -2.47. The molecule has 0 radical (unpaired) electrons. The van der Waals surface area contributed by atoms with E-state index in [0.29, 0.717) is 41.8 Å². The first-order valence-electron chi connectivity index (χ1n) is 9.98. The molecule has 1 aliphatic rings. The van der Waals surface area contributed by atoms with Crippen LogP contribution in [-0.4, -0.2) is 37.0 Å². The average Bonchev–Trinajstić information content (AvgIpc) is 3.19. The highest BCUT2D eigenvalue weighted by Crippen LogP contribution is 2.30. The van der Waals surface area contributed by atoms with Crippen LogP contribution in [0.2, 0.25) is 5.02 Å². The van der Waals surface area contributed by atoms with Crippen molar-refractivity contribution in [3.05, 3.63) is 53.1 Å². The molecule has 9 heteroatoms. The highest BCUT2D eigenvalue weighted by Gasteiger charge is 2.24. The van der Waals surface area contributed by atoms with Crippen molar-refractivity contribution in [2.45, 2.75) is 32.8 Å². The number of carbonyl (C=O) groups is 3. The summed E-state index contributed by atoms with van der Waals surface area (Å²) in [6.07, 6.45) is 0.351. The third kappa shape index (κ3) is 5.67. The van der Waals surface area contributed by atoms with Gasteiger partial charge in [0.05, 0.1) is 17.3 Å². The van der Waals surface area contributed by atoms with E-state index in [-0.39, 0.29) is 11.5 Å². The fourth-order valence-corrected chi connectivity index (χ4v) is 3.31. The zero-order chi connectivity index (χ0) is 22.4. The Morgan fingerprint density at radius 3 is 2.48 bits per heavy atom. The second-order valence-electron chi connectivity index (χ2n) is 6.92. The molecule has 0 spiro atoms. The van der Waals surface area contributed by atoms with Crippen molar-refractivity contribution in [2.75, 3.05) is 18.1 Å². The second-order valence-corrected chi connectivity index (χ2v) is 7.33. The summed E-state index contributed by atoms with van der Waals surface area (Å²) in [5.41, 5.74) is 5.44.